The standard InChI is InChI=1S/C19H14N2O5/c1-20-15-5-3-2-4-13(15)18-17(19(20)23)14(10-16(22)26-18)11-6-8-12(9-7-11)21(24)25/h2-9,14H,10H2,1H3/t14-/m1/s1. The SMILES string of the molecule is Cn1c(=O)c2c(c3ccccc31)OC(=O)C[C@@H]2c1ccc([N+](=O)[O-])cc1. The average molecular weight is 350 g/mol. The van der Waals surface area contributed by atoms with Gasteiger partial charge in [0.1, 0.15) is 5.75 Å². The molecule has 130 valence electrons. The van der Waals surface area contributed by atoms with Gasteiger partial charge in [0.05, 0.1) is 22.4 Å². The molecule has 1 aromatic heterocycles. The third-order valence-electron chi connectivity index (χ3n) is 4.73. The van der Waals surface area contributed by atoms with E-state index in [1.165, 1.54) is 16.7 Å². The maximum Gasteiger partial charge on any atom is 0.312 e. The van der Waals surface area contributed by atoms with Crippen LogP contribution in [0.4, 0.5) is 5.69 Å². The van der Waals surface area contributed by atoms with Crippen molar-refractivity contribution in [1.29, 1.82) is 0 Å². The highest BCUT2D eigenvalue weighted by molar-refractivity contribution is 5.91. The number of nitro groups is 1. The first-order chi connectivity index (χ1) is 12.5. The number of pyridine rings is 1. The first-order valence-electron chi connectivity index (χ1n) is 8.04. The minimum atomic E-state index is -0.504. The normalized spacial score (nSPS) is 16.2. The summed E-state index contributed by atoms with van der Waals surface area (Å²) in [7, 11) is 1.67. The Morgan fingerprint density at radius 3 is 2.50 bits per heavy atom. The van der Waals surface area contributed by atoms with Crippen LogP contribution < -0.4 is 10.3 Å². The number of fused-ring (bicyclic) bond motifs is 3. The van der Waals surface area contributed by atoms with E-state index in [0.717, 1.165) is 0 Å². The second kappa shape index (κ2) is 5.80. The number of hydrogen-bond acceptors (Lipinski definition) is 5. The Hall–Kier alpha value is -3.48. The summed E-state index contributed by atoms with van der Waals surface area (Å²) < 4.78 is 6.97. The number of para-hydroxylation sites is 1. The van der Waals surface area contributed by atoms with Gasteiger partial charge >= 0.3 is 5.97 Å². The third-order valence-corrected chi connectivity index (χ3v) is 4.73. The van der Waals surface area contributed by atoms with Gasteiger partial charge in [-0.05, 0) is 17.7 Å². The van der Waals surface area contributed by atoms with Crippen LogP contribution in [0.3, 0.4) is 0 Å². The summed E-state index contributed by atoms with van der Waals surface area (Å²) in [6.07, 6.45) is 0.0123. The smallest absolute Gasteiger partial charge is 0.312 e. The summed E-state index contributed by atoms with van der Waals surface area (Å²) >= 11 is 0. The summed E-state index contributed by atoms with van der Waals surface area (Å²) in [5, 5.41) is 11.5. The van der Waals surface area contributed by atoms with Crippen molar-refractivity contribution in [3.8, 4) is 5.75 Å². The predicted octanol–water partition coefficient (Wildman–Crippen LogP) is 2.89. The van der Waals surface area contributed by atoms with Gasteiger partial charge in [-0.3, -0.25) is 19.7 Å². The van der Waals surface area contributed by atoms with Gasteiger partial charge < -0.3 is 9.30 Å². The molecule has 7 heteroatoms. The zero-order valence-corrected chi connectivity index (χ0v) is 13.8. The van der Waals surface area contributed by atoms with Crippen LogP contribution in [0.25, 0.3) is 10.9 Å². The van der Waals surface area contributed by atoms with Crippen molar-refractivity contribution in [1.82, 2.24) is 4.57 Å². The Bertz CT molecular complexity index is 1120. The van der Waals surface area contributed by atoms with Gasteiger partial charge in [0.25, 0.3) is 11.2 Å². The molecule has 1 aliphatic heterocycles. The minimum Gasteiger partial charge on any atom is -0.425 e. The van der Waals surface area contributed by atoms with E-state index in [2.05, 4.69) is 0 Å². The molecule has 1 atom stereocenters. The van der Waals surface area contributed by atoms with E-state index in [1.807, 2.05) is 12.1 Å². The van der Waals surface area contributed by atoms with E-state index < -0.39 is 16.8 Å². The van der Waals surface area contributed by atoms with E-state index in [-0.39, 0.29) is 23.4 Å². The fourth-order valence-electron chi connectivity index (χ4n) is 3.44. The second-order valence-corrected chi connectivity index (χ2v) is 6.20. The molecular weight excluding hydrogens is 336 g/mol. The van der Waals surface area contributed by atoms with Crippen LogP contribution in [0, 0.1) is 10.1 Å². The Balaban J connectivity index is 1.97. The third kappa shape index (κ3) is 2.36. The van der Waals surface area contributed by atoms with Crippen molar-refractivity contribution in [3.63, 3.8) is 0 Å². The van der Waals surface area contributed by atoms with E-state index in [0.29, 0.717) is 22.0 Å². The van der Waals surface area contributed by atoms with E-state index in [9.17, 15) is 19.7 Å². The largest absolute Gasteiger partial charge is 0.425 e. The Morgan fingerprint density at radius 1 is 1.12 bits per heavy atom. The highest BCUT2D eigenvalue weighted by atomic mass is 16.6. The van der Waals surface area contributed by atoms with E-state index >= 15 is 0 Å². The zero-order valence-electron chi connectivity index (χ0n) is 13.8. The minimum absolute atomic E-state index is 0.0123. The van der Waals surface area contributed by atoms with Crippen molar-refractivity contribution >= 4 is 22.6 Å². The van der Waals surface area contributed by atoms with E-state index in [4.69, 9.17) is 4.74 Å². The molecule has 0 saturated heterocycles. The molecule has 0 saturated carbocycles. The van der Waals surface area contributed by atoms with Crippen LogP contribution in [0.15, 0.2) is 53.3 Å². The number of non-ortho nitro benzene ring substituents is 1. The number of aromatic nitrogens is 1. The lowest BCUT2D eigenvalue weighted by Gasteiger charge is -2.26. The lowest BCUT2D eigenvalue weighted by Crippen LogP contribution is -2.31. The number of esters is 1. The summed E-state index contributed by atoms with van der Waals surface area (Å²) in [6, 6.07) is 13.1. The number of carbonyl (C=O) groups excluding carboxylic acids is 1. The van der Waals surface area contributed by atoms with Crippen LogP contribution in [-0.4, -0.2) is 15.5 Å². The van der Waals surface area contributed by atoms with Crippen molar-refractivity contribution < 1.29 is 14.5 Å². The molecule has 0 unspecified atom stereocenters. The first-order valence-corrected chi connectivity index (χ1v) is 8.04. The summed E-state index contributed by atoms with van der Waals surface area (Å²) in [5.74, 6) is -0.655. The molecular formula is C19H14N2O5. The highest BCUT2D eigenvalue weighted by Crippen LogP contribution is 2.40. The maximum atomic E-state index is 13.0. The van der Waals surface area contributed by atoms with Gasteiger partial charge in [0, 0.05) is 30.5 Å². The van der Waals surface area contributed by atoms with Gasteiger partial charge in [0.2, 0.25) is 0 Å². The van der Waals surface area contributed by atoms with Crippen LogP contribution in [0.2, 0.25) is 0 Å². The van der Waals surface area contributed by atoms with Crippen LogP contribution in [-0.2, 0) is 11.8 Å². The Labute approximate surface area is 147 Å². The van der Waals surface area contributed by atoms with Crippen molar-refractivity contribution in [2.45, 2.75) is 12.3 Å². The maximum absolute atomic E-state index is 13.0. The predicted molar refractivity (Wildman–Crippen MR) is 94.4 cm³/mol. The summed E-state index contributed by atoms with van der Waals surface area (Å²) in [6.45, 7) is 0. The quantitative estimate of drug-likeness (QED) is 0.403. The number of hydrogen-bond donors (Lipinski definition) is 0. The molecule has 2 aromatic carbocycles. The fourth-order valence-corrected chi connectivity index (χ4v) is 3.44. The molecule has 1 aliphatic rings. The Kier molecular flexibility index (Phi) is 3.57. The molecule has 7 nitrogen and oxygen atoms in total. The van der Waals surface area contributed by atoms with Gasteiger partial charge in [-0.25, -0.2) is 0 Å². The van der Waals surface area contributed by atoms with Gasteiger partial charge in [-0.15, -0.1) is 0 Å². The fraction of sp³-hybridized carbons (Fsp3) is 0.158. The number of nitrogens with zero attached hydrogens (tertiary/aromatic N) is 2. The molecule has 0 aliphatic carbocycles. The number of ether oxygens (including phenoxy) is 1. The first kappa shape index (κ1) is 16.0. The summed E-state index contributed by atoms with van der Waals surface area (Å²) in [5.41, 5.74) is 1.46. The summed E-state index contributed by atoms with van der Waals surface area (Å²) in [4.78, 5) is 35.5. The molecule has 26 heavy (non-hydrogen) atoms. The molecule has 0 spiro atoms. The van der Waals surface area contributed by atoms with Crippen LogP contribution >= 0.6 is 0 Å². The lowest BCUT2D eigenvalue weighted by molar-refractivity contribution is -0.384. The van der Waals surface area contributed by atoms with Crippen LogP contribution in [0.1, 0.15) is 23.5 Å². The molecule has 0 radical (unpaired) electrons. The zero-order chi connectivity index (χ0) is 18.4. The molecule has 2 heterocycles. The number of nitro benzene ring substituents is 1. The van der Waals surface area contributed by atoms with Gasteiger partial charge in [-0.2, -0.15) is 0 Å². The van der Waals surface area contributed by atoms with Crippen molar-refractivity contribution in [2.75, 3.05) is 0 Å². The monoisotopic (exact) mass is 350 g/mol. The molecule has 0 N–H and O–H groups in total. The van der Waals surface area contributed by atoms with Gasteiger partial charge in [-0.1, -0.05) is 24.3 Å². The van der Waals surface area contributed by atoms with Crippen molar-refractivity contribution in [2.24, 2.45) is 7.05 Å². The Morgan fingerprint density at radius 2 is 1.81 bits per heavy atom. The molecule has 0 bridgehead atoms. The number of carbonyl (C=O) groups is 1. The van der Waals surface area contributed by atoms with Gasteiger partial charge in [0.15, 0.2) is 0 Å². The molecule has 0 amide bonds. The average Bonchev–Trinajstić information content (AvgIpc) is 2.65. The second-order valence-electron chi connectivity index (χ2n) is 6.20. The van der Waals surface area contributed by atoms with Crippen LogP contribution in [0.5, 0.6) is 5.75 Å². The number of benzene rings is 2. The molecule has 4 rings (SSSR count). The number of rotatable bonds is 2. The molecule has 3 aromatic rings. The topological polar surface area (TPSA) is 91.4 Å². The lowest BCUT2D eigenvalue weighted by atomic mass is 9.86. The highest BCUT2D eigenvalue weighted by Gasteiger charge is 2.33. The van der Waals surface area contributed by atoms with Crippen molar-refractivity contribution in [3.05, 3.63) is 80.1 Å². The number of aryl methyl sites for hydroxylation is 1. The van der Waals surface area contributed by atoms with E-state index in [1.54, 1.807) is 31.3 Å². The molecule has 0 fully saturated rings.